The number of nitriles is 1. The summed E-state index contributed by atoms with van der Waals surface area (Å²) in [5.74, 6) is 0.193. The van der Waals surface area contributed by atoms with Gasteiger partial charge in [0.15, 0.2) is 11.0 Å². The molecule has 2 amide bonds. The Labute approximate surface area is 216 Å². The van der Waals surface area contributed by atoms with Crippen LogP contribution in [0, 0.1) is 11.3 Å². The van der Waals surface area contributed by atoms with Gasteiger partial charge in [0, 0.05) is 22.0 Å². The summed E-state index contributed by atoms with van der Waals surface area (Å²) < 4.78 is 1.80. The second kappa shape index (κ2) is 11.5. The zero-order chi connectivity index (χ0) is 24.8. The van der Waals surface area contributed by atoms with E-state index in [2.05, 4.69) is 33.5 Å². The Morgan fingerprint density at radius 3 is 2.77 bits per heavy atom. The third kappa shape index (κ3) is 5.93. The molecule has 35 heavy (non-hydrogen) atoms. The van der Waals surface area contributed by atoms with E-state index in [1.165, 1.54) is 28.0 Å². The highest BCUT2D eigenvalue weighted by molar-refractivity contribution is 7.99. The number of fused-ring (bicyclic) bond motifs is 1. The van der Waals surface area contributed by atoms with Crippen molar-refractivity contribution < 1.29 is 9.59 Å². The van der Waals surface area contributed by atoms with Crippen molar-refractivity contribution in [3.8, 4) is 6.07 Å². The Hall–Kier alpha value is -3.13. The number of rotatable bonds is 9. The van der Waals surface area contributed by atoms with Gasteiger partial charge in [-0.1, -0.05) is 29.4 Å². The summed E-state index contributed by atoms with van der Waals surface area (Å²) in [5.41, 5.74) is 2.17. The summed E-state index contributed by atoms with van der Waals surface area (Å²) >= 11 is 8.62. The molecule has 1 aliphatic rings. The zero-order valence-electron chi connectivity index (χ0n) is 18.8. The molecule has 0 bridgehead atoms. The van der Waals surface area contributed by atoms with Crippen LogP contribution < -0.4 is 10.6 Å². The molecule has 4 rings (SSSR count). The minimum Gasteiger partial charge on any atom is -0.345 e. The molecule has 0 radical (unpaired) electrons. The van der Waals surface area contributed by atoms with Crippen molar-refractivity contribution in [2.45, 2.75) is 43.9 Å². The van der Waals surface area contributed by atoms with Crippen LogP contribution in [0.2, 0.25) is 5.02 Å². The number of carbonyl (C=O) groups excluding carboxylic acids is 2. The normalized spacial score (nSPS) is 12.5. The predicted molar refractivity (Wildman–Crippen MR) is 138 cm³/mol. The Kier molecular flexibility index (Phi) is 8.23. The van der Waals surface area contributed by atoms with E-state index in [4.69, 9.17) is 11.6 Å². The van der Waals surface area contributed by atoms with Crippen LogP contribution in [0.1, 0.15) is 45.0 Å². The molecule has 8 nitrogen and oxygen atoms in total. The largest absolute Gasteiger partial charge is 0.345 e. The monoisotopic (exact) mass is 526 g/mol. The van der Waals surface area contributed by atoms with Gasteiger partial charge in [0.2, 0.25) is 5.91 Å². The van der Waals surface area contributed by atoms with E-state index in [1.54, 1.807) is 34.9 Å². The number of hydrogen-bond acceptors (Lipinski definition) is 7. The van der Waals surface area contributed by atoms with Crippen LogP contribution in [-0.4, -0.2) is 32.3 Å². The molecule has 0 atom stereocenters. The number of hydrogen-bond donors (Lipinski definition) is 2. The fourth-order valence-electron chi connectivity index (χ4n) is 3.80. The first-order chi connectivity index (χ1) is 17.0. The molecule has 180 valence electrons. The van der Waals surface area contributed by atoms with Gasteiger partial charge in [-0.05, 0) is 55.5 Å². The number of carbonyl (C=O) groups is 2. The molecular formula is C24H23ClN6O2S2. The number of amides is 2. The molecule has 0 spiro atoms. The molecule has 0 aliphatic heterocycles. The summed E-state index contributed by atoms with van der Waals surface area (Å²) in [4.78, 5) is 26.3. The predicted octanol–water partition coefficient (Wildman–Crippen LogP) is 4.59. The van der Waals surface area contributed by atoms with Gasteiger partial charge in [0.25, 0.3) is 5.91 Å². The van der Waals surface area contributed by atoms with Crippen LogP contribution in [0.25, 0.3) is 0 Å². The number of anilines is 1. The molecular weight excluding hydrogens is 504 g/mol. The second-order valence-corrected chi connectivity index (χ2v) is 10.3. The average molecular weight is 527 g/mol. The maximum Gasteiger partial charge on any atom is 0.251 e. The van der Waals surface area contributed by atoms with Crippen molar-refractivity contribution in [3.63, 3.8) is 0 Å². The number of allylic oxidation sites excluding steroid dienone is 1. The van der Waals surface area contributed by atoms with E-state index in [1.807, 2.05) is 0 Å². The van der Waals surface area contributed by atoms with Gasteiger partial charge in [-0.3, -0.25) is 9.59 Å². The van der Waals surface area contributed by atoms with E-state index in [0.29, 0.717) is 38.7 Å². The molecule has 11 heteroatoms. The number of thioether (sulfide) groups is 1. The number of aromatic nitrogens is 3. The first kappa shape index (κ1) is 25.0. The molecule has 2 heterocycles. The Balaban J connectivity index is 1.38. The number of benzene rings is 1. The van der Waals surface area contributed by atoms with Crippen LogP contribution in [0.4, 0.5) is 5.00 Å². The fourth-order valence-corrected chi connectivity index (χ4v) is 5.95. The van der Waals surface area contributed by atoms with Gasteiger partial charge < -0.3 is 15.2 Å². The molecule has 1 aliphatic carbocycles. The number of nitrogens with one attached hydrogen (secondary N) is 2. The molecule has 3 aromatic rings. The van der Waals surface area contributed by atoms with Gasteiger partial charge in [-0.2, -0.15) is 5.26 Å². The highest BCUT2D eigenvalue weighted by atomic mass is 35.5. The number of aryl methyl sites for hydroxylation is 1. The standard InChI is InChI=1S/C24H23ClN6O2S2/c1-2-11-31-20(13-27-22(33)15-7-9-16(25)10-8-15)29-30-24(31)34-14-21(32)28-23-18(12-26)17-5-3-4-6-19(17)35-23/h2,7-10H,1,3-6,11,13-14H2,(H,27,33)(H,28,32). The third-order valence-electron chi connectivity index (χ3n) is 5.49. The summed E-state index contributed by atoms with van der Waals surface area (Å²) in [6.07, 6.45) is 5.74. The van der Waals surface area contributed by atoms with Crippen molar-refractivity contribution in [1.82, 2.24) is 20.1 Å². The summed E-state index contributed by atoms with van der Waals surface area (Å²) in [7, 11) is 0. The molecule has 0 fully saturated rings. The first-order valence-corrected chi connectivity index (χ1v) is 13.2. The fraction of sp³-hybridized carbons (Fsp3) is 0.292. The Morgan fingerprint density at radius 1 is 1.26 bits per heavy atom. The van der Waals surface area contributed by atoms with E-state index in [0.717, 1.165) is 31.2 Å². The van der Waals surface area contributed by atoms with Crippen LogP contribution >= 0.6 is 34.7 Å². The number of nitrogens with zero attached hydrogens (tertiary/aromatic N) is 4. The van der Waals surface area contributed by atoms with E-state index in [-0.39, 0.29) is 24.1 Å². The Bertz CT molecular complexity index is 1290. The molecule has 2 N–H and O–H groups in total. The molecule has 2 aromatic heterocycles. The van der Waals surface area contributed by atoms with Gasteiger partial charge in [-0.15, -0.1) is 28.1 Å². The van der Waals surface area contributed by atoms with Crippen molar-refractivity contribution in [2.24, 2.45) is 0 Å². The van der Waals surface area contributed by atoms with Gasteiger partial charge in [0.1, 0.15) is 11.1 Å². The summed E-state index contributed by atoms with van der Waals surface area (Å²) in [5, 5.41) is 25.4. The SMILES string of the molecule is C=CCn1c(CNC(=O)c2ccc(Cl)cc2)nnc1SCC(=O)Nc1sc2c(c1C#N)CCCC2. The lowest BCUT2D eigenvalue weighted by Gasteiger charge is -2.09. The Morgan fingerprint density at radius 2 is 2.03 bits per heavy atom. The smallest absolute Gasteiger partial charge is 0.251 e. The van der Waals surface area contributed by atoms with Crippen molar-refractivity contribution >= 4 is 51.5 Å². The van der Waals surface area contributed by atoms with E-state index >= 15 is 0 Å². The van der Waals surface area contributed by atoms with Crippen LogP contribution in [-0.2, 0) is 30.7 Å². The third-order valence-corrected chi connectivity index (χ3v) is 7.91. The highest BCUT2D eigenvalue weighted by Crippen LogP contribution is 2.37. The maximum absolute atomic E-state index is 12.7. The molecule has 0 saturated heterocycles. The topological polar surface area (TPSA) is 113 Å². The average Bonchev–Trinajstić information content (AvgIpc) is 3.41. The second-order valence-electron chi connectivity index (χ2n) is 7.85. The van der Waals surface area contributed by atoms with Crippen LogP contribution in [0.15, 0.2) is 42.1 Å². The summed E-state index contributed by atoms with van der Waals surface area (Å²) in [6, 6.07) is 8.86. The van der Waals surface area contributed by atoms with E-state index < -0.39 is 0 Å². The van der Waals surface area contributed by atoms with Crippen molar-refractivity contribution in [3.05, 3.63) is 69.3 Å². The molecule has 0 saturated carbocycles. The first-order valence-electron chi connectivity index (χ1n) is 11.0. The van der Waals surface area contributed by atoms with Crippen molar-refractivity contribution in [1.29, 1.82) is 5.26 Å². The van der Waals surface area contributed by atoms with Crippen molar-refractivity contribution in [2.75, 3.05) is 11.1 Å². The minimum atomic E-state index is -0.254. The van der Waals surface area contributed by atoms with Gasteiger partial charge >= 0.3 is 0 Å². The highest BCUT2D eigenvalue weighted by Gasteiger charge is 2.22. The zero-order valence-corrected chi connectivity index (χ0v) is 21.2. The van der Waals surface area contributed by atoms with E-state index in [9.17, 15) is 14.9 Å². The maximum atomic E-state index is 12.7. The van der Waals surface area contributed by atoms with Crippen LogP contribution in [0.5, 0.6) is 0 Å². The lowest BCUT2D eigenvalue weighted by atomic mass is 9.96. The molecule has 1 aromatic carbocycles. The van der Waals surface area contributed by atoms with Crippen LogP contribution in [0.3, 0.4) is 0 Å². The lowest BCUT2D eigenvalue weighted by molar-refractivity contribution is -0.113. The number of thiophene rings is 1. The summed E-state index contributed by atoms with van der Waals surface area (Å²) in [6.45, 7) is 4.37. The quantitative estimate of drug-likeness (QED) is 0.311. The lowest BCUT2D eigenvalue weighted by Crippen LogP contribution is -2.24. The van der Waals surface area contributed by atoms with Gasteiger partial charge in [-0.25, -0.2) is 0 Å². The number of halogens is 1. The molecule has 0 unspecified atom stereocenters. The van der Waals surface area contributed by atoms with Gasteiger partial charge in [0.05, 0.1) is 17.9 Å². The minimum absolute atomic E-state index is 0.111.